The quantitative estimate of drug-likeness (QED) is 0.735. The summed E-state index contributed by atoms with van der Waals surface area (Å²) in [5.41, 5.74) is 0.296. The second kappa shape index (κ2) is 7.38. The van der Waals surface area contributed by atoms with E-state index in [1.165, 1.54) is 12.4 Å². The molecule has 1 aromatic heterocycles. The van der Waals surface area contributed by atoms with Gasteiger partial charge in [0, 0.05) is 4.47 Å². The molecule has 0 bridgehead atoms. The summed E-state index contributed by atoms with van der Waals surface area (Å²) in [6.45, 7) is 2.27. The number of nitrogens with zero attached hydrogens (tertiary/aromatic N) is 2. The Bertz CT molecular complexity index is 635. The fraction of sp³-hybridized carbons (Fsp3) is 0.214. The van der Waals surface area contributed by atoms with E-state index >= 15 is 0 Å². The Morgan fingerprint density at radius 3 is 2.71 bits per heavy atom. The van der Waals surface area contributed by atoms with Crippen molar-refractivity contribution in [3.63, 3.8) is 0 Å². The average molecular weight is 372 g/mol. The summed E-state index contributed by atoms with van der Waals surface area (Å²) in [6, 6.07) is 5.22. The smallest absolute Gasteiger partial charge is 0.343 e. The number of aromatic nitrogens is 2. The first-order valence-electron chi connectivity index (χ1n) is 6.23. The lowest BCUT2D eigenvalue weighted by Gasteiger charge is -2.11. The molecule has 0 atom stereocenters. The van der Waals surface area contributed by atoms with Crippen molar-refractivity contribution >= 4 is 33.5 Å². The normalized spacial score (nSPS) is 10.2. The van der Waals surface area contributed by atoms with Gasteiger partial charge in [-0.25, -0.2) is 14.8 Å². The summed E-state index contributed by atoms with van der Waals surface area (Å²) in [7, 11) is 0. The minimum Gasteiger partial charge on any atom is -0.462 e. The van der Waals surface area contributed by atoms with Crippen molar-refractivity contribution < 1.29 is 14.3 Å². The summed E-state index contributed by atoms with van der Waals surface area (Å²) in [4.78, 5) is 20.0. The lowest BCUT2D eigenvalue weighted by atomic mass is 10.2. The molecule has 0 aliphatic carbocycles. The first-order valence-corrected chi connectivity index (χ1v) is 7.40. The lowest BCUT2D eigenvalue weighted by Crippen LogP contribution is -2.09. The van der Waals surface area contributed by atoms with Gasteiger partial charge < -0.3 is 9.47 Å². The van der Waals surface area contributed by atoms with Gasteiger partial charge in [0.25, 0.3) is 0 Å². The number of ether oxygens (including phenoxy) is 2. The molecular weight excluding hydrogens is 360 g/mol. The van der Waals surface area contributed by atoms with Gasteiger partial charge in [0.15, 0.2) is 0 Å². The maximum Gasteiger partial charge on any atom is 0.343 e. The third-order valence-corrected chi connectivity index (χ3v) is 3.27. The molecule has 1 aromatic carbocycles. The van der Waals surface area contributed by atoms with Gasteiger partial charge >= 0.3 is 12.0 Å². The number of esters is 1. The number of benzene rings is 1. The van der Waals surface area contributed by atoms with E-state index < -0.39 is 5.97 Å². The highest BCUT2D eigenvalue weighted by Crippen LogP contribution is 2.30. The van der Waals surface area contributed by atoms with Crippen LogP contribution >= 0.6 is 27.5 Å². The number of carbonyl (C=O) groups excluding carboxylic acids is 1. The van der Waals surface area contributed by atoms with Gasteiger partial charge in [0.05, 0.1) is 24.0 Å². The summed E-state index contributed by atoms with van der Waals surface area (Å²) in [5.74, 6) is -0.152. The Balaban J connectivity index is 2.28. The summed E-state index contributed by atoms with van der Waals surface area (Å²) in [6.07, 6.45) is 3.57. The molecular formula is C14H12BrClN2O3. The van der Waals surface area contributed by atoms with Crippen LogP contribution in [-0.2, 0) is 4.74 Å². The Morgan fingerprint density at radius 2 is 2.05 bits per heavy atom. The molecule has 0 saturated heterocycles. The second-order valence-electron chi connectivity index (χ2n) is 4.03. The minimum absolute atomic E-state index is 0.0991. The van der Waals surface area contributed by atoms with Crippen LogP contribution in [0.3, 0.4) is 0 Å². The van der Waals surface area contributed by atoms with Crippen LogP contribution in [0.15, 0.2) is 35.1 Å². The van der Waals surface area contributed by atoms with Gasteiger partial charge in [-0.15, -0.1) is 0 Å². The molecule has 5 nitrogen and oxygen atoms in total. The Hall–Kier alpha value is -1.66. The van der Waals surface area contributed by atoms with Crippen molar-refractivity contribution in [2.75, 3.05) is 6.61 Å². The predicted molar refractivity (Wildman–Crippen MR) is 81.8 cm³/mol. The van der Waals surface area contributed by atoms with Crippen molar-refractivity contribution in [1.82, 2.24) is 9.97 Å². The minimum atomic E-state index is -0.465. The Morgan fingerprint density at radius 1 is 1.33 bits per heavy atom. The molecule has 2 rings (SSSR count). The Kier molecular flexibility index (Phi) is 5.52. The number of hydrogen-bond donors (Lipinski definition) is 0. The third kappa shape index (κ3) is 4.15. The maximum atomic E-state index is 12.1. The van der Waals surface area contributed by atoms with Crippen molar-refractivity contribution in [2.24, 2.45) is 0 Å². The number of halogens is 2. The molecule has 0 spiro atoms. The average Bonchev–Trinajstić information content (AvgIpc) is 2.47. The van der Waals surface area contributed by atoms with E-state index in [4.69, 9.17) is 21.1 Å². The number of carbonyl (C=O) groups is 1. The number of hydrogen-bond acceptors (Lipinski definition) is 5. The molecule has 0 N–H and O–H groups in total. The van der Waals surface area contributed by atoms with Gasteiger partial charge in [-0.05, 0) is 34.5 Å². The van der Waals surface area contributed by atoms with Crippen molar-refractivity contribution in [2.45, 2.75) is 13.3 Å². The molecule has 110 valence electrons. The molecule has 2 aromatic rings. The van der Waals surface area contributed by atoms with Crippen LogP contribution in [-0.4, -0.2) is 22.5 Å². The summed E-state index contributed by atoms with van der Waals surface area (Å²) < 4.78 is 11.3. The molecule has 0 amide bonds. The number of rotatable bonds is 5. The van der Waals surface area contributed by atoms with E-state index in [-0.39, 0.29) is 6.01 Å². The molecule has 0 aliphatic rings. The molecule has 1 heterocycles. The third-order valence-electron chi connectivity index (χ3n) is 2.41. The fourth-order valence-corrected chi connectivity index (χ4v) is 2.11. The van der Waals surface area contributed by atoms with Gasteiger partial charge in [0.1, 0.15) is 11.3 Å². The molecule has 0 saturated carbocycles. The largest absolute Gasteiger partial charge is 0.462 e. The van der Waals surface area contributed by atoms with Crippen molar-refractivity contribution in [3.05, 3.63) is 45.7 Å². The van der Waals surface area contributed by atoms with Gasteiger partial charge in [-0.1, -0.05) is 24.6 Å². The zero-order valence-electron chi connectivity index (χ0n) is 11.2. The summed E-state index contributed by atoms with van der Waals surface area (Å²) in [5, 5.41) is 0.402. The van der Waals surface area contributed by atoms with Crippen molar-refractivity contribution in [3.8, 4) is 11.8 Å². The SMILES string of the molecule is CCCOC(=O)c1c(Br)cccc1Oc1ncc(Cl)cn1. The van der Waals surface area contributed by atoms with Gasteiger partial charge in [-0.3, -0.25) is 0 Å². The molecule has 0 fully saturated rings. The second-order valence-corrected chi connectivity index (χ2v) is 5.33. The van der Waals surface area contributed by atoms with Crippen LogP contribution in [0.4, 0.5) is 0 Å². The van der Waals surface area contributed by atoms with E-state index in [1.54, 1.807) is 18.2 Å². The zero-order chi connectivity index (χ0) is 15.2. The molecule has 7 heteroatoms. The first-order chi connectivity index (χ1) is 10.1. The standard InChI is InChI=1S/C14H12BrClN2O3/c1-2-6-20-13(19)12-10(15)4-3-5-11(12)21-14-17-7-9(16)8-18-14/h3-5,7-8H,2,6H2,1H3. The zero-order valence-corrected chi connectivity index (χ0v) is 13.5. The van der Waals surface area contributed by atoms with Gasteiger partial charge in [0.2, 0.25) is 0 Å². The topological polar surface area (TPSA) is 61.3 Å². The highest BCUT2D eigenvalue weighted by Gasteiger charge is 2.19. The molecule has 0 unspecified atom stereocenters. The van der Waals surface area contributed by atoms with Crippen molar-refractivity contribution in [1.29, 1.82) is 0 Å². The van der Waals surface area contributed by atoms with Crippen LogP contribution in [0, 0.1) is 0 Å². The molecule has 0 aliphatic heterocycles. The molecule has 0 radical (unpaired) electrons. The van der Waals surface area contributed by atoms with E-state index in [9.17, 15) is 4.79 Å². The Labute approximate surface area is 135 Å². The van der Waals surface area contributed by atoms with Gasteiger partial charge in [-0.2, -0.15) is 0 Å². The van der Waals surface area contributed by atoms with Crippen LogP contribution in [0.2, 0.25) is 5.02 Å². The highest BCUT2D eigenvalue weighted by molar-refractivity contribution is 9.10. The monoisotopic (exact) mass is 370 g/mol. The lowest BCUT2D eigenvalue weighted by molar-refractivity contribution is 0.0501. The van der Waals surface area contributed by atoms with E-state index in [0.717, 1.165) is 6.42 Å². The first kappa shape index (κ1) is 15.7. The fourth-order valence-electron chi connectivity index (χ4n) is 1.51. The van der Waals surface area contributed by atoms with Crippen LogP contribution < -0.4 is 4.74 Å². The summed E-state index contributed by atoms with van der Waals surface area (Å²) >= 11 is 9.04. The van der Waals surface area contributed by atoms with Crippen LogP contribution in [0.5, 0.6) is 11.8 Å². The van der Waals surface area contributed by atoms with Crippen LogP contribution in [0.1, 0.15) is 23.7 Å². The van der Waals surface area contributed by atoms with Crippen LogP contribution in [0.25, 0.3) is 0 Å². The van der Waals surface area contributed by atoms with E-state index in [2.05, 4.69) is 25.9 Å². The highest BCUT2D eigenvalue weighted by atomic mass is 79.9. The molecule has 21 heavy (non-hydrogen) atoms. The van der Waals surface area contributed by atoms with E-state index in [0.29, 0.717) is 27.4 Å². The maximum absolute atomic E-state index is 12.1. The predicted octanol–water partition coefficient (Wildman–Crippen LogP) is 4.25. The van der Waals surface area contributed by atoms with E-state index in [1.807, 2.05) is 6.92 Å².